The molecule has 0 fully saturated rings. The van der Waals surface area contributed by atoms with Crippen LogP contribution in [0.15, 0.2) is 9.52 Å². The standard InChI is InChI=1S/C19H36N6O3.HI/c1-9-20-17(21-12-16-22-14(4)24-28-16)25(8)11-10-15(13(2)3)23-18(26)27-19(5,6)7;/h13,15H,9-12H2,1-8H3,(H,20,21)(H,23,26);1H. The number of halogens is 1. The highest BCUT2D eigenvalue weighted by molar-refractivity contribution is 14.0. The molecule has 1 aromatic rings. The molecule has 0 aliphatic rings. The highest BCUT2D eigenvalue weighted by Crippen LogP contribution is 2.11. The van der Waals surface area contributed by atoms with Gasteiger partial charge in [0.1, 0.15) is 12.1 Å². The Hall–Kier alpha value is -1.59. The Morgan fingerprint density at radius 3 is 2.48 bits per heavy atom. The molecule has 168 valence electrons. The monoisotopic (exact) mass is 524 g/mol. The highest BCUT2D eigenvalue weighted by Gasteiger charge is 2.22. The van der Waals surface area contributed by atoms with Gasteiger partial charge in [-0.3, -0.25) is 0 Å². The van der Waals surface area contributed by atoms with E-state index in [0.717, 1.165) is 18.9 Å². The van der Waals surface area contributed by atoms with Gasteiger partial charge in [0, 0.05) is 26.2 Å². The number of alkyl carbamates (subject to hydrolysis) is 1. The first kappa shape index (κ1) is 27.4. The molecule has 0 saturated heterocycles. The minimum Gasteiger partial charge on any atom is -0.444 e. The molecule has 1 heterocycles. The number of hydrogen-bond donors (Lipinski definition) is 2. The number of amides is 1. The smallest absolute Gasteiger partial charge is 0.407 e. The minimum absolute atomic E-state index is 0. The van der Waals surface area contributed by atoms with E-state index in [4.69, 9.17) is 9.26 Å². The summed E-state index contributed by atoms with van der Waals surface area (Å²) >= 11 is 0. The number of aryl methyl sites for hydroxylation is 1. The average Bonchev–Trinajstić information content (AvgIpc) is 2.98. The molecule has 0 aliphatic carbocycles. The third-order valence-electron chi connectivity index (χ3n) is 3.91. The van der Waals surface area contributed by atoms with Crippen molar-refractivity contribution in [1.29, 1.82) is 0 Å². The molecule has 29 heavy (non-hydrogen) atoms. The van der Waals surface area contributed by atoms with Gasteiger partial charge in [-0.1, -0.05) is 19.0 Å². The molecule has 0 aromatic carbocycles. The van der Waals surface area contributed by atoms with Crippen LogP contribution in [0.1, 0.15) is 59.7 Å². The summed E-state index contributed by atoms with van der Waals surface area (Å²) in [7, 11) is 1.96. The Bertz CT molecular complexity index is 642. The Kier molecular flexibility index (Phi) is 12.2. The molecular formula is C19H37IN6O3. The number of carbonyl (C=O) groups excluding carboxylic acids is 1. The number of guanidine groups is 1. The van der Waals surface area contributed by atoms with Gasteiger partial charge in [-0.15, -0.1) is 24.0 Å². The maximum absolute atomic E-state index is 12.1. The molecule has 0 bridgehead atoms. The largest absolute Gasteiger partial charge is 0.444 e. The molecule has 1 amide bonds. The van der Waals surface area contributed by atoms with Gasteiger partial charge < -0.3 is 24.8 Å². The predicted molar refractivity (Wildman–Crippen MR) is 125 cm³/mol. The topological polar surface area (TPSA) is 105 Å². The third-order valence-corrected chi connectivity index (χ3v) is 3.91. The zero-order valence-electron chi connectivity index (χ0n) is 18.9. The van der Waals surface area contributed by atoms with Crippen molar-refractivity contribution in [3.8, 4) is 0 Å². The number of rotatable bonds is 8. The molecule has 1 unspecified atom stereocenters. The zero-order valence-corrected chi connectivity index (χ0v) is 21.2. The van der Waals surface area contributed by atoms with Gasteiger partial charge in [0.25, 0.3) is 0 Å². The number of hydrogen-bond acceptors (Lipinski definition) is 6. The summed E-state index contributed by atoms with van der Waals surface area (Å²) in [4.78, 5) is 22.9. The molecular weight excluding hydrogens is 487 g/mol. The maximum atomic E-state index is 12.1. The van der Waals surface area contributed by atoms with Crippen molar-refractivity contribution in [3.63, 3.8) is 0 Å². The normalized spacial score (nSPS) is 12.9. The van der Waals surface area contributed by atoms with Crippen LogP contribution in [0.25, 0.3) is 0 Å². The van der Waals surface area contributed by atoms with E-state index in [-0.39, 0.29) is 42.0 Å². The van der Waals surface area contributed by atoms with E-state index in [9.17, 15) is 4.79 Å². The molecule has 9 nitrogen and oxygen atoms in total. The average molecular weight is 524 g/mol. The van der Waals surface area contributed by atoms with Crippen molar-refractivity contribution in [2.45, 2.75) is 73.1 Å². The lowest BCUT2D eigenvalue weighted by molar-refractivity contribution is 0.0486. The Balaban J connectivity index is 0.00000784. The van der Waals surface area contributed by atoms with Crippen LogP contribution in [0.3, 0.4) is 0 Å². The second kappa shape index (κ2) is 12.9. The summed E-state index contributed by atoms with van der Waals surface area (Å²) < 4.78 is 10.5. The first-order valence-electron chi connectivity index (χ1n) is 9.80. The van der Waals surface area contributed by atoms with Gasteiger partial charge in [0.2, 0.25) is 5.89 Å². The Labute approximate surface area is 191 Å². The first-order valence-corrected chi connectivity index (χ1v) is 9.80. The highest BCUT2D eigenvalue weighted by atomic mass is 127. The van der Waals surface area contributed by atoms with E-state index in [1.54, 1.807) is 6.92 Å². The van der Waals surface area contributed by atoms with Gasteiger partial charge >= 0.3 is 6.09 Å². The van der Waals surface area contributed by atoms with E-state index >= 15 is 0 Å². The minimum atomic E-state index is -0.514. The van der Waals surface area contributed by atoms with E-state index in [2.05, 4.69) is 39.6 Å². The summed E-state index contributed by atoms with van der Waals surface area (Å²) in [6.07, 6.45) is 0.374. The second-order valence-electron chi connectivity index (χ2n) is 8.11. The summed E-state index contributed by atoms with van der Waals surface area (Å²) in [5, 5.41) is 10.0. The van der Waals surface area contributed by atoms with Crippen LogP contribution in [-0.4, -0.2) is 58.9 Å². The summed E-state index contributed by atoms with van der Waals surface area (Å²) in [5.41, 5.74) is -0.514. The fraction of sp³-hybridized carbons (Fsp3) is 0.789. The van der Waals surface area contributed by atoms with Crippen molar-refractivity contribution >= 4 is 36.0 Å². The van der Waals surface area contributed by atoms with Crippen LogP contribution in [0.4, 0.5) is 4.79 Å². The quantitative estimate of drug-likeness (QED) is 0.305. The summed E-state index contributed by atoms with van der Waals surface area (Å²) in [6.45, 7) is 15.3. The van der Waals surface area contributed by atoms with E-state index in [1.165, 1.54) is 0 Å². The lowest BCUT2D eigenvalue weighted by Crippen LogP contribution is -2.45. The van der Waals surface area contributed by atoms with Gasteiger partial charge in [-0.2, -0.15) is 4.98 Å². The molecule has 1 aromatic heterocycles. The number of carbonyl (C=O) groups is 1. The van der Waals surface area contributed by atoms with Crippen molar-refractivity contribution in [3.05, 3.63) is 11.7 Å². The second-order valence-corrected chi connectivity index (χ2v) is 8.11. The SMILES string of the molecule is CCNC(=NCc1nc(C)no1)N(C)CCC(NC(=O)OC(C)(C)C)C(C)C.I. The van der Waals surface area contributed by atoms with Gasteiger partial charge in [0.15, 0.2) is 11.8 Å². The van der Waals surface area contributed by atoms with Crippen molar-refractivity contribution in [2.24, 2.45) is 10.9 Å². The molecule has 0 aliphatic heterocycles. The maximum Gasteiger partial charge on any atom is 0.407 e. The van der Waals surface area contributed by atoms with Crippen LogP contribution in [0.2, 0.25) is 0 Å². The molecule has 0 radical (unpaired) electrons. The van der Waals surface area contributed by atoms with E-state index < -0.39 is 5.60 Å². The molecule has 0 spiro atoms. The van der Waals surface area contributed by atoms with Gasteiger partial charge in [-0.05, 0) is 47.0 Å². The third kappa shape index (κ3) is 11.2. The van der Waals surface area contributed by atoms with Gasteiger partial charge in [0.05, 0.1) is 0 Å². The van der Waals surface area contributed by atoms with Gasteiger partial charge in [-0.25, -0.2) is 9.79 Å². The van der Waals surface area contributed by atoms with Crippen LogP contribution in [0.5, 0.6) is 0 Å². The predicted octanol–water partition coefficient (Wildman–Crippen LogP) is 3.33. The van der Waals surface area contributed by atoms with E-state index in [1.807, 2.05) is 39.6 Å². The number of nitrogens with zero attached hydrogens (tertiary/aromatic N) is 4. The van der Waals surface area contributed by atoms with Crippen LogP contribution in [-0.2, 0) is 11.3 Å². The molecule has 2 N–H and O–H groups in total. The van der Waals surface area contributed by atoms with E-state index in [0.29, 0.717) is 24.8 Å². The summed E-state index contributed by atoms with van der Waals surface area (Å²) in [6, 6.07) is -0.00114. The summed E-state index contributed by atoms with van der Waals surface area (Å²) in [5.74, 6) is 2.10. The number of ether oxygens (including phenoxy) is 1. The zero-order chi connectivity index (χ0) is 21.3. The number of aliphatic imine (C=N–C) groups is 1. The molecule has 1 atom stereocenters. The van der Waals surface area contributed by atoms with Crippen molar-refractivity contribution in [1.82, 2.24) is 25.7 Å². The van der Waals surface area contributed by atoms with Crippen molar-refractivity contribution < 1.29 is 14.1 Å². The van der Waals surface area contributed by atoms with Crippen LogP contribution < -0.4 is 10.6 Å². The number of nitrogens with one attached hydrogen (secondary N) is 2. The molecule has 10 heteroatoms. The molecule has 0 saturated carbocycles. The Morgan fingerprint density at radius 2 is 2.00 bits per heavy atom. The first-order chi connectivity index (χ1) is 13.0. The lowest BCUT2D eigenvalue weighted by Gasteiger charge is -2.28. The van der Waals surface area contributed by atoms with Crippen LogP contribution in [0, 0.1) is 12.8 Å². The number of aromatic nitrogens is 2. The Morgan fingerprint density at radius 1 is 1.34 bits per heavy atom. The lowest BCUT2D eigenvalue weighted by atomic mass is 10.0. The molecule has 1 rings (SSSR count). The fourth-order valence-electron chi connectivity index (χ4n) is 2.49. The van der Waals surface area contributed by atoms with Crippen LogP contribution >= 0.6 is 24.0 Å². The van der Waals surface area contributed by atoms with Crippen molar-refractivity contribution in [2.75, 3.05) is 20.1 Å². The fourth-order valence-corrected chi connectivity index (χ4v) is 2.49.